The SMILES string of the molecule is O=C(Cc1ccc(NC2=N[C@@H]3CS(=O)(=O)C[C@@H]3S2)cc1)NC[C@@H]1CCN(C2CCCC2)C1. The Hall–Kier alpha value is -1.58. The maximum Gasteiger partial charge on any atom is 0.224 e. The Labute approximate surface area is 194 Å². The molecule has 174 valence electrons. The van der Waals surface area contributed by atoms with E-state index in [1.807, 2.05) is 24.3 Å². The van der Waals surface area contributed by atoms with Gasteiger partial charge in [-0.1, -0.05) is 36.7 Å². The molecule has 0 unspecified atom stereocenters. The van der Waals surface area contributed by atoms with Crippen LogP contribution in [-0.2, 0) is 21.1 Å². The van der Waals surface area contributed by atoms with Crippen molar-refractivity contribution in [1.29, 1.82) is 0 Å². The van der Waals surface area contributed by atoms with E-state index in [4.69, 9.17) is 0 Å². The summed E-state index contributed by atoms with van der Waals surface area (Å²) in [7, 11) is -2.93. The number of carbonyl (C=O) groups excluding carboxylic acids is 1. The largest absolute Gasteiger partial charge is 0.355 e. The van der Waals surface area contributed by atoms with Crippen molar-refractivity contribution in [2.75, 3.05) is 36.5 Å². The quantitative estimate of drug-likeness (QED) is 0.655. The highest BCUT2D eigenvalue weighted by atomic mass is 32.2. The van der Waals surface area contributed by atoms with Gasteiger partial charge in [-0.2, -0.15) is 0 Å². The van der Waals surface area contributed by atoms with Gasteiger partial charge < -0.3 is 15.5 Å². The van der Waals surface area contributed by atoms with Crippen LogP contribution in [0, 0.1) is 5.92 Å². The first kappa shape index (κ1) is 22.2. The zero-order chi connectivity index (χ0) is 22.1. The number of rotatable bonds is 6. The molecule has 3 fully saturated rings. The van der Waals surface area contributed by atoms with E-state index in [1.165, 1.54) is 50.4 Å². The van der Waals surface area contributed by atoms with E-state index in [0.717, 1.165) is 35.5 Å². The van der Waals surface area contributed by atoms with Crippen LogP contribution in [0.4, 0.5) is 5.69 Å². The average Bonchev–Trinajstić information content (AvgIpc) is 3.51. The number of amidine groups is 1. The molecule has 3 atom stereocenters. The number of sulfone groups is 1. The lowest BCUT2D eigenvalue weighted by atomic mass is 10.1. The van der Waals surface area contributed by atoms with Crippen LogP contribution in [0.2, 0.25) is 0 Å². The molecule has 1 aromatic rings. The second-order valence-corrected chi connectivity index (χ2v) is 13.0. The van der Waals surface area contributed by atoms with E-state index < -0.39 is 9.84 Å². The minimum atomic E-state index is -2.93. The summed E-state index contributed by atoms with van der Waals surface area (Å²) in [6, 6.07) is 8.49. The minimum Gasteiger partial charge on any atom is -0.355 e. The van der Waals surface area contributed by atoms with Gasteiger partial charge in [-0.05, 0) is 49.4 Å². The molecule has 3 aliphatic heterocycles. The van der Waals surface area contributed by atoms with Gasteiger partial charge in [0.1, 0.15) is 0 Å². The molecule has 2 saturated heterocycles. The smallest absolute Gasteiger partial charge is 0.224 e. The Balaban J connectivity index is 1.05. The molecule has 3 heterocycles. The fourth-order valence-corrected chi connectivity index (χ4v) is 9.06. The zero-order valence-electron chi connectivity index (χ0n) is 18.3. The number of hydrogen-bond donors (Lipinski definition) is 2. The molecule has 0 spiro atoms. The summed E-state index contributed by atoms with van der Waals surface area (Å²) in [4.78, 5) is 19.6. The molecule has 1 amide bonds. The Kier molecular flexibility index (Phi) is 6.49. The van der Waals surface area contributed by atoms with Gasteiger partial charge in [-0.3, -0.25) is 9.79 Å². The molecular weight excluding hydrogens is 444 g/mol. The van der Waals surface area contributed by atoms with Crippen LogP contribution in [0.1, 0.15) is 37.7 Å². The number of hydrogen-bond acceptors (Lipinski definition) is 7. The molecule has 1 aromatic carbocycles. The summed E-state index contributed by atoms with van der Waals surface area (Å²) in [5, 5.41) is 7.23. The van der Waals surface area contributed by atoms with E-state index in [2.05, 4.69) is 20.5 Å². The van der Waals surface area contributed by atoms with Gasteiger partial charge in [0.15, 0.2) is 15.0 Å². The van der Waals surface area contributed by atoms with Gasteiger partial charge in [0, 0.05) is 30.1 Å². The lowest BCUT2D eigenvalue weighted by Gasteiger charge is -2.23. The average molecular weight is 477 g/mol. The van der Waals surface area contributed by atoms with Crippen molar-refractivity contribution in [3.63, 3.8) is 0 Å². The summed E-state index contributed by atoms with van der Waals surface area (Å²) in [5.74, 6) is 1.02. The summed E-state index contributed by atoms with van der Waals surface area (Å²) < 4.78 is 23.4. The van der Waals surface area contributed by atoms with E-state index >= 15 is 0 Å². The van der Waals surface area contributed by atoms with E-state index in [9.17, 15) is 13.2 Å². The normalized spacial score (nSPS) is 29.8. The molecule has 0 radical (unpaired) electrons. The fraction of sp³-hybridized carbons (Fsp3) is 0.652. The number of carbonyl (C=O) groups is 1. The van der Waals surface area contributed by atoms with E-state index in [1.54, 1.807) is 0 Å². The van der Waals surface area contributed by atoms with Crippen molar-refractivity contribution in [2.24, 2.45) is 10.9 Å². The molecule has 9 heteroatoms. The summed E-state index contributed by atoms with van der Waals surface area (Å²) in [6.45, 7) is 3.08. The molecule has 1 aliphatic carbocycles. The highest BCUT2D eigenvalue weighted by Crippen LogP contribution is 2.34. The molecule has 0 aromatic heterocycles. The Morgan fingerprint density at radius 2 is 1.91 bits per heavy atom. The van der Waals surface area contributed by atoms with Crippen molar-refractivity contribution in [2.45, 2.75) is 55.9 Å². The Bertz CT molecular complexity index is 973. The van der Waals surface area contributed by atoms with Gasteiger partial charge in [0.05, 0.1) is 24.0 Å². The van der Waals surface area contributed by atoms with Gasteiger partial charge in [-0.15, -0.1) is 0 Å². The monoisotopic (exact) mass is 476 g/mol. The number of fused-ring (bicyclic) bond motifs is 1. The molecular formula is C23H32N4O3S2. The molecule has 2 N–H and O–H groups in total. The van der Waals surface area contributed by atoms with Crippen LogP contribution in [0.25, 0.3) is 0 Å². The van der Waals surface area contributed by atoms with Gasteiger partial charge >= 0.3 is 0 Å². The lowest BCUT2D eigenvalue weighted by Crippen LogP contribution is -2.34. The van der Waals surface area contributed by atoms with E-state index in [-0.39, 0.29) is 28.7 Å². The first-order valence-corrected chi connectivity index (χ1v) is 14.5. The second-order valence-electron chi connectivity index (χ2n) is 9.63. The van der Waals surface area contributed by atoms with Gasteiger partial charge in [0.2, 0.25) is 5.91 Å². The van der Waals surface area contributed by atoms with Crippen LogP contribution in [-0.4, -0.2) is 72.9 Å². The summed E-state index contributed by atoms with van der Waals surface area (Å²) in [6.07, 6.45) is 7.01. The third kappa shape index (κ3) is 5.31. The number of thioether (sulfide) groups is 1. The van der Waals surface area contributed by atoms with Crippen molar-refractivity contribution < 1.29 is 13.2 Å². The zero-order valence-corrected chi connectivity index (χ0v) is 20.0. The van der Waals surface area contributed by atoms with Gasteiger partial charge in [-0.25, -0.2) is 8.42 Å². The molecule has 0 bridgehead atoms. The number of benzene rings is 1. The number of nitrogens with zero attached hydrogens (tertiary/aromatic N) is 2. The summed E-state index contributed by atoms with van der Waals surface area (Å²) in [5.41, 5.74) is 1.89. The highest BCUT2D eigenvalue weighted by Gasteiger charge is 2.42. The lowest BCUT2D eigenvalue weighted by molar-refractivity contribution is -0.120. The van der Waals surface area contributed by atoms with Crippen LogP contribution < -0.4 is 10.6 Å². The predicted molar refractivity (Wildman–Crippen MR) is 130 cm³/mol. The molecule has 32 heavy (non-hydrogen) atoms. The number of amides is 1. The van der Waals surface area contributed by atoms with Crippen molar-refractivity contribution >= 4 is 38.4 Å². The van der Waals surface area contributed by atoms with E-state index in [0.29, 0.717) is 12.3 Å². The first-order chi connectivity index (χ1) is 15.4. The topological polar surface area (TPSA) is 90.9 Å². The number of anilines is 1. The second kappa shape index (κ2) is 9.35. The maximum atomic E-state index is 12.4. The first-order valence-electron chi connectivity index (χ1n) is 11.8. The number of nitrogens with one attached hydrogen (secondary N) is 2. The number of aliphatic imine (C=N–C) groups is 1. The van der Waals surface area contributed by atoms with Crippen LogP contribution >= 0.6 is 11.8 Å². The predicted octanol–water partition coefficient (Wildman–Crippen LogP) is 2.29. The third-order valence-corrected chi connectivity index (χ3v) is 10.3. The minimum absolute atomic E-state index is 0.0376. The van der Waals surface area contributed by atoms with Crippen LogP contribution in [0.15, 0.2) is 29.3 Å². The van der Waals surface area contributed by atoms with Crippen LogP contribution in [0.5, 0.6) is 0 Å². The molecule has 5 rings (SSSR count). The molecule has 7 nitrogen and oxygen atoms in total. The third-order valence-electron chi connectivity index (χ3n) is 7.13. The molecule has 1 saturated carbocycles. The van der Waals surface area contributed by atoms with Crippen molar-refractivity contribution in [3.8, 4) is 0 Å². The summed E-state index contributed by atoms with van der Waals surface area (Å²) >= 11 is 1.51. The number of likely N-dealkylation sites (tertiary alicyclic amines) is 1. The Morgan fingerprint density at radius 3 is 2.66 bits per heavy atom. The standard InChI is InChI=1S/C23H32N4O3S2/c28-22(24-12-17-9-10-27(13-17)19-3-1-2-4-19)11-16-5-7-18(8-6-16)25-23-26-20-14-32(29,30)15-21(20)31-23/h5-8,17,19-21H,1-4,9-15H2,(H,24,28)(H,25,26)/t17-,20+,21-/m0/s1. The van der Waals surface area contributed by atoms with Crippen molar-refractivity contribution in [3.05, 3.63) is 29.8 Å². The Morgan fingerprint density at radius 1 is 1.12 bits per heavy atom. The maximum absolute atomic E-state index is 12.4. The van der Waals surface area contributed by atoms with Gasteiger partial charge in [0.25, 0.3) is 0 Å². The fourth-order valence-electron chi connectivity index (χ4n) is 5.38. The van der Waals surface area contributed by atoms with Crippen molar-refractivity contribution in [1.82, 2.24) is 10.2 Å². The highest BCUT2D eigenvalue weighted by molar-refractivity contribution is 8.15. The van der Waals surface area contributed by atoms with Crippen LogP contribution in [0.3, 0.4) is 0 Å². The molecule has 4 aliphatic rings.